The lowest BCUT2D eigenvalue weighted by atomic mass is 9.79. The third-order valence-electron chi connectivity index (χ3n) is 6.24. The van der Waals surface area contributed by atoms with E-state index in [9.17, 15) is 14.7 Å². The van der Waals surface area contributed by atoms with Crippen LogP contribution in [0.25, 0.3) is 0 Å². The topological polar surface area (TPSA) is 90.9 Å². The molecule has 0 aromatic heterocycles. The Hall–Kier alpha value is -2.54. The number of carboxylic acid groups (broad SMARTS) is 1. The second kappa shape index (κ2) is 13.2. The normalized spacial score (nSPS) is 18.6. The van der Waals surface area contributed by atoms with Gasteiger partial charge in [-0.15, -0.1) is 0 Å². The van der Waals surface area contributed by atoms with E-state index < -0.39 is 11.6 Å². The van der Waals surface area contributed by atoms with E-state index in [0.717, 1.165) is 49.7 Å². The number of ether oxygens (including phenoxy) is 1. The number of benzene rings is 1. The minimum Gasteiger partial charge on any atom is -0.496 e. The molecular formula is C26H41N3O4. The highest BCUT2D eigenvalue weighted by Crippen LogP contribution is 2.42. The molecule has 2 amide bonds. The van der Waals surface area contributed by atoms with Crippen LogP contribution in [-0.4, -0.2) is 49.3 Å². The van der Waals surface area contributed by atoms with Crippen molar-refractivity contribution < 1.29 is 19.4 Å². The number of piperidine rings is 1. The first-order chi connectivity index (χ1) is 15.8. The summed E-state index contributed by atoms with van der Waals surface area (Å²) in [7, 11) is 3.45. The summed E-state index contributed by atoms with van der Waals surface area (Å²) in [5, 5.41) is 16.0. The van der Waals surface area contributed by atoms with Crippen LogP contribution >= 0.6 is 0 Å². The lowest BCUT2D eigenvalue weighted by molar-refractivity contribution is -0.121. The molecule has 1 aromatic carbocycles. The summed E-state index contributed by atoms with van der Waals surface area (Å²) >= 11 is 0. The van der Waals surface area contributed by atoms with Crippen LogP contribution in [0.4, 0.5) is 4.79 Å². The quantitative estimate of drug-likeness (QED) is 0.312. The van der Waals surface area contributed by atoms with Gasteiger partial charge in [-0.25, -0.2) is 4.79 Å². The van der Waals surface area contributed by atoms with Gasteiger partial charge in [-0.3, -0.25) is 9.69 Å². The van der Waals surface area contributed by atoms with Gasteiger partial charge in [0.1, 0.15) is 5.75 Å². The van der Waals surface area contributed by atoms with Crippen LogP contribution in [0, 0.1) is 5.92 Å². The van der Waals surface area contributed by atoms with Crippen molar-refractivity contribution in [2.24, 2.45) is 5.92 Å². The van der Waals surface area contributed by atoms with Gasteiger partial charge in [0.05, 0.1) is 12.6 Å². The Bertz CT molecular complexity index is 805. The average molecular weight is 460 g/mol. The van der Waals surface area contributed by atoms with Crippen molar-refractivity contribution in [2.75, 3.05) is 27.2 Å². The van der Waals surface area contributed by atoms with Gasteiger partial charge >= 0.3 is 6.09 Å². The Morgan fingerprint density at radius 1 is 1.27 bits per heavy atom. The van der Waals surface area contributed by atoms with Gasteiger partial charge in [-0.2, -0.15) is 0 Å². The molecule has 0 saturated carbocycles. The number of hydrogen-bond donors (Lipinski definition) is 3. The van der Waals surface area contributed by atoms with E-state index in [1.165, 1.54) is 0 Å². The largest absolute Gasteiger partial charge is 0.496 e. The van der Waals surface area contributed by atoms with E-state index in [1.54, 1.807) is 12.0 Å². The van der Waals surface area contributed by atoms with E-state index >= 15 is 0 Å². The van der Waals surface area contributed by atoms with Crippen LogP contribution in [-0.2, 0) is 16.9 Å². The zero-order valence-corrected chi connectivity index (χ0v) is 20.7. The Morgan fingerprint density at radius 3 is 2.73 bits per heavy atom. The molecule has 1 aromatic rings. The number of allylic oxidation sites excluding steroid dienone is 2. The number of carbonyl (C=O) groups excluding carboxylic acids is 1. The molecular weight excluding hydrogens is 418 g/mol. The molecule has 1 saturated heterocycles. The first-order valence-electron chi connectivity index (χ1n) is 12.1. The fraction of sp³-hybridized carbons (Fsp3) is 0.615. The monoisotopic (exact) mass is 459 g/mol. The summed E-state index contributed by atoms with van der Waals surface area (Å²) in [5.74, 6) is 1.26. The first kappa shape index (κ1) is 26.7. The zero-order valence-electron chi connectivity index (χ0n) is 20.7. The van der Waals surface area contributed by atoms with Crippen LogP contribution in [0.5, 0.6) is 5.75 Å². The number of likely N-dealkylation sites (N-methyl/N-ethyl adjacent to an activating group) is 1. The molecule has 2 rings (SSSR count). The molecule has 1 unspecified atom stereocenters. The maximum atomic E-state index is 12.2. The van der Waals surface area contributed by atoms with Gasteiger partial charge in [0, 0.05) is 31.6 Å². The van der Waals surface area contributed by atoms with Crippen molar-refractivity contribution in [2.45, 2.75) is 70.9 Å². The third-order valence-corrected chi connectivity index (χ3v) is 6.24. The fourth-order valence-electron chi connectivity index (χ4n) is 4.60. The summed E-state index contributed by atoms with van der Waals surface area (Å²) in [5.41, 5.74) is 1.13. The van der Waals surface area contributed by atoms with Gasteiger partial charge < -0.3 is 20.5 Å². The minimum absolute atomic E-state index is 0.0434. The number of nitrogens with one attached hydrogen (secondary N) is 2. The van der Waals surface area contributed by atoms with Crippen molar-refractivity contribution in [3.05, 3.63) is 41.5 Å². The van der Waals surface area contributed by atoms with E-state index in [2.05, 4.69) is 36.6 Å². The van der Waals surface area contributed by atoms with Crippen LogP contribution < -0.4 is 15.4 Å². The molecule has 3 N–H and O–H groups in total. The number of methoxy groups -OCH3 is 1. The van der Waals surface area contributed by atoms with Crippen LogP contribution in [0.3, 0.4) is 0 Å². The van der Waals surface area contributed by atoms with Crippen LogP contribution in [0.2, 0.25) is 0 Å². The van der Waals surface area contributed by atoms with Crippen molar-refractivity contribution >= 4 is 12.0 Å². The summed E-state index contributed by atoms with van der Waals surface area (Å²) in [6, 6.07) is 5.83. The van der Waals surface area contributed by atoms with Crippen LogP contribution in [0.15, 0.2) is 30.4 Å². The molecule has 1 fully saturated rings. The van der Waals surface area contributed by atoms with Gasteiger partial charge in [-0.05, 0) is 63.1 Å². The second-order valence-corrected chi connectivity index (χ2v) is 9.18. The average Bonchev–Trinajstić information content (AvgIpc) is 2.79. The highest BCUT2D eigenvalue weighted by molar-refractivity contribution is 5.75. The van der Waals surface area contributed by atoms with Crippen molar-refractivity contribution in [1.82, 2.24) is 15.5 Å². The molecule has 0 aliphatic carbocycles. The number of unbranched alkanes of at least 4 members (excludes halogenated alkanes) is 2. The summed E-state index contributed by atoms with van der Waals surface area (Å²) < 4.78 is 5.70. The molecule has 0 bridgehead atoms. The number of likely N-dealkylation sites (tertiary alicyclic amines) is 1. The summed E-state index contributed by atoms with van der Waals surface area (Å²) in [4.78, 5) is 25.8. The number of amides is 2. The number of rotatable bonds is 12. The molecule has 7 heteroatoms. The molecule has 1 heterocycles. The highest BCUT2D eigenvalue weighted by atomic mass is 16.5. The lowest BCUT2D eigenvalue weighted by Crippen LogP contribution is -2.56. The maximum Gasteiger partial charge on any atom is 0.408 e. The molecule has 1 aliphatic rings. The molecule has 33 heavy (non-hydrogen) atoms. The maximum absolute atomic E-state index is 12.2. The minimum atomic E-state index is -0.914. The van der Waals surface area contributed by atoms with E-state index in [-0.39, 0.29) is 5.91 Å². The Kier molecular flexibility index (Phi) is 10.7. The second-order valence-electron chi connectivity index (χ2n) is 9.18. The standard InChI is InChI=1S/C26H41N3O4/c1-20(2)11-7-5-6-8-12-24(30)28-18-21-13-14-22(23(17-21)33-4)26(19-27-3)15-9-10-16-29(26)25(31)32/h7,11,13-14,17,20,27H,5-6,8-10,12,15-16,18-19H2,1-4H3,(H,28,30)(H,31,32)/b11-7+. The molecule has 0 spiro atoms. The Labute approximate surface area is 198 Å². The lowest BCUT2D eigenvalue weighted by Gasteiger charge is -2.46. The fourth-order valence-corrected chi connectivity index (χ4v) is 4.60. The van der Waals surface area contributed by atoms with E-state index in [4.69, 9.17) is 4.74 Å². The van der Waals surface area contributed by atoms with Gasteiger partial charge in [0.25, 0.3) is 0 Å². The smallest absolute Gasteiger partial charge is 0.408 e. The number of carbonyl (C=O) groups is 2. The van der Waals surface area contributed by atoms with Gasteiger partial charge in [-0.1, -0.05) is 38.1 Å². The summed E-state index contributed by atoms with van der Waals surface area (Å²) in [6.45, 7) is 5.75. The SMILES string of the molecule is CNCC1(c2ccc(CNC(=O)CCCC/C=C/C(C)C)cc2OC)CCCCN1C(=O)O. The van der Waals surface area contributed by atoms with E-state index in [1.807, 2.05) is 25.2 Å². The van der Waals surface area contributed by atoms with Crippen molar-refractivity contribution in [3.8, 4) is 5.75 Å². The van der Waals surface area contributed by atoms with Crippen molar-refractivity contribution in [1.29, 1.82) is 0 Å². The van der Waals surface area contributed by atoms with Crippen LogP contribution in [0.1, 0.15) is 69.9 Å². The zero-order chi connectivity index (χ0) is 24.3. The number of nitrogens with zero attached hydrogens (tertiary/aromatic N) is 1. The third kappa shape index (κ3) is 7.49. The molecule has 184 valence electrons. The Balaban J connectivity index is 2.03. The first-order valence-corrected chi connectivity index (χ1v) is 12.1. The van der Waals surface area contributed by atoms with Crippen molar-refractivity contribution in [3.63, 3.8) is 0 Å². The Morgan fingerprint density at radius 2 is 2.06 bits per heavy atom. The molecule has 7 nitrogen and oxygen atoms in total. The summed E-state index contributed by atoms with van der Waals surface area (Å²) in [6.07, 6.45) is 9.42. The predicted molar refractivity (Wildman–Crippen MR) is 131 cm³/mol. The molecule has 1 atom stereocenters. The van der Waals surface area contributed by atoms with E-state index in [0.29, 0.717) is 37.7 Å². The molecule has 0 radical (unpaired) electrons. The number of hydrogen-bond acceptors (Lipinski definition) is 4. The molecule has 1 aliphatic heterocycles. The highest BCUT2D eigenvalue weighted by Gasteiger charge is 2.44. The van der Waals surface area contributed by atoms with Gasteiger partial charge in [0.15, 0.2) is 0 Å². The predicted octanol–water partition coefficient (Wildman–Crippen LogP) is 4.66. The van der Waals surface area contributed by atoms with Gasteiger partial charge in [0.2, 0.25) is 5.91 Å².